The van der Waals surface area contributed by atoms with Gasteiger partial charge in [0.1, 0.15) is 18.1 Å². The minimum atomic E-state index is -1.34. The van der Waals surface area contributed by atoms with E-state index in [1.165, 1.54) is 25.0 Å². The lowest BCUT2D eigenvalue weighted by atomic mass is 10.1. The Morgan fingerprint density at radius 3 is 1.87 bits per heavy atom. The van der Waals surface area contributed by atoms with Crippen LogP contribution in [0.25, 0.3) is 0 Å². The number of carbonyl (C=O) groups excluding carboxylic acids is 3. The minimum absolute atomic E-state index is 0.0447. The molecule has 2 rings (SSSR count). The van der Waals surface area contributed by atoms with Gasteiger partial charge in [-0.2, -0.15) is 0 Å². The number of aliphatic carboxylic acids is 1. The Labute approximate surface area is 176 Å². The summed E-state index contributed by atoms with van der Waals surface area (Å²) in [5, 5.41) is 25.9. The molecule has 0 saturated carbocycles. The molecule has 2 heterocycles. The van der Waals surface area contributed by atoms with E-state index in [-0.39, 0.29) is 12.8 Å². The van der Waals surface area contributed by atoms with E-state index < -0.39 is 55.0 Å². The van der Waals surface area contributed by atoms with Gasteiger partial charge in [-0.1, -0.05) is 0 Å². The van der Waals surface area contributed by atoms with Gasteiger partial charge in [0.25, 0.3) is 0 Å². The number of nitrogens with two attached hydrogens (primary N) is 1. The Bertz CT molecular complexity index is 869. The number of hydrogen-bond donors (Lipinski definition) is 8. The van der Waals surface area contributed by atoms with Crippen molar-refractivity contribution in [3.8, 4) is 0 Å². The molecule has 0 aromatic carbocycles. The molecule has 0 spiro atoms. The van der Waals surface area contributed by atoms with Crippen molar-refractivity contribution in [2.45, 2.75) is 31.0 Å². The standard InChI is InChI=1S/C17H24N8O6/c18-3-14(27)23-13(6-26)16(29)24-11(1-9-4-19-7-21-9)15(28)25-12(17(30)31)2-10-5-20-8-22-10/h4-5,7-8,11-13,26H,1-3,6,18H2,(H,19,21)(H,20,22)(H,23,27)(H,24,29)(H,25,28)(H,30,31). The van der Waals surface area contributed by atoms with Crippen LogP contribution in [0.4, 0.5) is 0 Å². The zero-order valence-electron chi connectivity index (χ0n) is 16.4. The number of aromatic amines is 2. The first-order chi connectivity index (χ1) is 14.8. The first-order valence-electron chi connectivity index (χ1n) is 9.22. The van der Waals surface area contributed by atoms with Crippen molar-refractivity contribution in [2.75, 3.05) is 13.2 Å². The van der Waals surface area contributed by atoms with Crippen LogP contribution >= 0.6 is 0 Å². The summed E-state index contributed by atoms with van der Waals surface area (Å²) in [6.07, 6.45) is 5.52. The van der Waals surface area contributed by atoms with Crippen LogP contribution in [-0.4, -0.2) is 85.1 Å². The van der Waals surface area contributed by atoms with Gasteiger partial charge in [0.2, 0.25) is 17.7 Å². The van der Waals surface area contributed by atoms with Crippen molar-refractivity contribution in [3.63, 3.8) is 0 Å². The second kappa shape index (κ2) is 11.4. The van der Waals surface area contributed by atoms with Gasteiger partial charge in [-0.3, -0.25) is 14.4 Å². The first-order valence-corrected chi connectivity index (χ1v) is 9.22. The van der Waals surface area contributed by atoms with Crippen LogP contribution in [0.2, 0.25) is 0 Å². The third-order valence-electron chi connectivity index (χ3n) is 4.23. The van der Waals surface area contributed by atoms with Crippen LogP contribution in [0, 0.1) is 0 Å². The van der Waals surface area contributed by atoms with E-state index in [4.69, 9.17) is 5.73 Å². The molecule has 168 valence electrons. The van der Waals surface area contributed by atoms with Gasteiger partial charge in [0, 0.05) is 36.6 Å². The van der Waals surface area contributed by atoms with E-state index in [0.29, 0.717) is 11.4 Å². The number of aromatic nitrogens is 4. The van der Waals surface area contributed by atoms with E-state index in [9.17, 15) is 29.4 Å². The van der Waals surface area contributed by atoms with Crippen LogP contribution in [0.5, 0.6) is 0 Å². The molecule has 14 nitrogen and oxygen atoms in total. The summed E-state index contributed by atoms with van der Waals surface area (Å²) in [5.74, 6) is -3.58. The van der Waals surface area contributed by atoms with Crippen molar-refractivity contribution in [1.29, 1.82) is 0 Å². The Morgan fingerprint density at radius 1 is 0.903 bits per heavy atom. The Kier molecular flexibility index (Phi) is 8.65. The van der Waals surface area contributed by atoms with E-state index >= 15 is 0 Å². The molecular weight excluding hydrogens is 412 g/mol. The second-order valence-electron chi connectivity index (χ2n) is 6.53. The zero-order valence-corrected chi connectivity index (χ0v) is 16.4. The number of aliphatic hydroxyl groups is 1. The molecule has 0 bridgehead atoms. The average molecular weight is 436 g/mol. The summed E-state index contributed by atoms with van der Waals surface area (Å²) in [4.78, 5) is 61.5. The fourth-order valence-electron chi connectivity index (χ4n) is 2.63. The highest BCUT2D eigenvalue weighted by molar-refractivity contribution is 5.93. The highest BCUT2D eigenvalue weighted by Crippen LogP contribution is 2.04. The van der Waals surface area contributed by atoms with Crippen molar-refractivity contribution in [2.24, 2.45) is 5.73 Å². The average Bonchev–Trinajstić information content (AvgIpc) is 3.44. The van der Waals surface area contributed by atoms with Gasteiger partial charge in [-0.05, 0) is 0 Å². The molecule has 0 saturated heterocycles. The van der Waals surface area contributed by atoms with E-state index in [1.807, 2.05) is 0 Å². The van der Waals surface area contributed by atoms with Gasteiger partial charge in [0.15, 0.2) is 0 Å². The normalized spacial score (nSPS) is 13.6. The maximum Gasteiger partial charge on any atom is 0.326 e. The van der Waals surface area contributed by atoms with Gasteiger partial charge in [0.05, 0.1) is 25.8 Å². The molecule has 0 radical (unpaired) electrons. The molecule has 0 aliphatic carbocycles. The number of nitrogens with one attached hydrogen (secondary N) is 5. The van der Waals surface area contributed by atoms with Crippen molar-refractivity contribution < 1.29 is 29.4 Å². The highest BCUT2D eigenvalue weighted by atomic mass is 16.4. The molecule has 31 heavy (non-hydrogen) atoms. The molecule has 3 atom stereocenters. The fraction of sp³-hybridized carbons (Fsp3) is 0.412. The number of aliphatic hydroxyl groups excluding tert-OH is 1. The summed E-state index contributed by atoms with van der Waals surface area (Å²) in [6.45, 7) is -1.12. The molecule has 2 aromatic rings. The highest BCUT2D eigenvalue weighted by Gasteiger charge is 2.30. The van der Waals surface area contributed by atoms with E-state index in [1.54, 1.807) is 0 Å². The summed E-state index contributed by atoms with van der Waals surface area (Å²) in [6, 6.07) is -3.85. The van der Waals surface area contributed by atoms with Gasteiger partial charge < -0.3 is 41.9 Å². The molecule has 0 fully saturated rings. The zero-order chi connectivity index (χ0) is 22.8. The lowest BCUT2D eigenvalue weighted by Gasteiger charge is -2.23. The van der Waals surface area contributed by atoms with Gasteiger partial charge in [-0.15, -0.1) is 0 Å². The summed E-state index contributed by atoms with van der Waals surface area (Å²) in [5.41, 5.74) is 6.18. The predicted octanol–water partition coefficient (Wildman–Crippen LogP) is -3.59. The summed E-state index contributed by atoms with van der Waals surface area (Å²) < 4.78 is 0. The van der Waals surface area contributed by atoms with E-state index in [0.717, 1.165) is 0 Å². The van der Waals surface area contributed by atoms with Crippen LogP contribution in [0.15, 0.2) is 25.0 Å². The van der Waals surface area contributed by atoms with E-state index in [2.05, 4.69) is 35.9 Å². The smallest absolute Gasteiger partial charge is 0.326 e. The number of nitrogens with zero attached hydrogens (tertiary/aromatic N) is 2. The molecule has 2 aromatic heterocycles. The van der Waals surface area contributed by atoms with Crippen LogP contribution in [0.1, 0.15) is 11.4 Å². The number of imidazole rings is 2. The SMILES string of the molecule is NCC(=O)NC(CO)C(=O)NC(Cc1cnc[nH]1)C(=O)NC(Cc1cnc[nH]1)C(=O)O. The molecule has 0 aliphatic heterocycles. The summed E-state index contributed by atoms with van der Waals surface area (Å²) in [7, 11) is 0. The van der Waals surface area contributed by atoms with Crippen LogP contribution < -0.4 is 21.7 Å². The molecule has 3 unspecified atom stereocenters. The fourth-order valence-corrected chi connectivity index (χ4v) is 2.63. The Hall–Kier alpha value is -3.78. The number of carbonyl (C=O) groups is 4. The molecule has 14 heteroatoms. The summed E-state index contributed by atoms with van der Waals surface area (Å²) >= 11 is 0. The van der Waals surface area contributed by atoms with Crippen molar-refractivity contribution in [3.05, 3.63) is 36.4 Å². The number of carboxylic acid groups (broad SMARTS) is 1. The van der Waals surface area contributed by atoms with Crippen molar-refractivity contribution >= 4 is 23.7 Å². The minimum Gasteiger partial charge on any atom is -0.480 e. The molecular formula is C17H24N8O6. The van der Waals surface area contributed by atoms with Gasteiger partial charge >= 0.3 is 5.97 Å². The number of amides is 3. The van der Waals surface area contributed by atoms with Gasteiger partial charge in [-0.25, -0.2) is 14.8 Å². The lowest BCUT2D eigenvalue weighted by Crippen LogP contribution is -2.58. The predicted molar refractivity (Wildman–Crippen MR) is 104 cm³/mol. The Balaban J connectivity index is 2.13. The second-order valence-corrected chi connectivity index (χ2v) is 6.53. The number of rotatable bonds is 12. The first kappa shape index (κ1) is 23.5. The molecule has 9 N–H and O–H groups in total. The number of H-pyrrole nitrogens is 2. The molecule has 0 aliphatic rings. The van der Waals surface area contributed by atoms with Crippen molar-refractivity contribution in [1.82, 2.24) is 35.9 Å². The Morgan fingerprint density at radius 2 is 1.42 bits per heavy atom. The maximum absolute atomic E-state index is 12.8. The third-order valence-corrected chi connectivity index (χ3v) is 4.23. The maximum atomic E-state index is 12.8. The number of carboxylic acids is 1. The largest absolute Gasteiger partial charge is 0.480 e. The quantitative estimate of drug-likeness (QED) is 0.164. The number of hydrogen-bond acceptors (Lipinski definition) is 8. The van der Waals surface area contributed by atoms with Crippen LogP contribution in [-0.2, 0) is 32.0 Å². The monoisotopic (exact) mass is 436 g/mol. The van der Waals surface area contributed by atoms with Crippen LogP contribution in [0.3, 0.4) is 0 Å². The topological polar surface area (TPSA) is 228 Å². The third kappa shape index (κ3) is 7.20. The molecule has 3 amide bonds. The lowest BCUT2D eigenvalue weighted by molar-refractivity contribution is -0.142.